The first-order chi connectivity index (χ1) is 17.0. The van der Waals surface area contributed by atoms with Gasteiger partial charge >= 0.3 is 5.69 Å². The molecule has 3 atom stereocenters. The lowest BCUT2D eigenvalue weighted by Gasteiger charge is -2.60. The van der Waals surface area contributed by atoms with Crippen molar-refractivity contribution in [2.75, 3.05) is 0 Å². The second kappa shape index (κ2) is 8.97. The number of nitrogens with one attached hydrogen (secondary N) is 2. The molecule has 0 spiro atoms. The first-order valence-corrected chi connectivity index (χ1v) is 12.3. The number of rotatable bonds is 5. The van der Waals surface area contributed by atoms with E-state index in [9.17, 15) is 19.5 Å². The van der Waals surface area contributed by atoms with E-state index in [0.29, 0.717) is 11.8 Å². The second-order valence-electron chi connectivity index (χ2n) is 9.89. The number of H-pyrrole nitrogens is 1. The van der Waals surface area contributed by atoms with Crippen molar-refractivity contribution < 1.29 is 14.6 Å². The number of aromatic hydroxyl groups is 1. The molecular formula is C25H24Cl2N4O5. The van der Waals surface area contributed by atoms with Gasteiger partial charge in [-0.05, 0) is 66.8 Å². The minimum absolute atomic E-state index is 0.0582. The number of carbonyl (C=O) groups excluding carboxylic acids is 1. The van der Waals surface area contributed by atoms with Crippen LogP contribution in [0.15, 0.2) is 46.1 Å². The summed E-state index contributed by atoms with van der Waals surface area (Å²) in [6, 6.07) is 7.15. The van der Waals surface area contributed by atoms with E-state index in [-0.39, 0.29) is 55.9 Å². The fourth-order valence-corrected chi connectivity index (χ4v) is 5.96. The Hall–Kier alpha value is -3.30. The summed E-state index contributed by atoms with van der Waals surface area (Å²) in [5.74, 6) is 0.910. The Morgan fingerprint density at radius 2 is 1.92 bits per heavy atom. The van der Waals surface area contributed by atoms with Crippen LogP contribution >= 0.6 is 23.2 Å². The fourth-order valence-electron chi connectivity index (χ4n) is 5.41. The maximum absolute atomic E-state index is 13.1. The normalized spacial score (nSPS) is 21.9. The van der Waals surface area contributed by atoms with Gasteiger partial charge in [-0.3, -0.25) is 14.6 Å². The van der Waals surface area contributed by atoms with Crippen molar-refractivity contribution in [2.24, 2.45) is 17.3 Å². The van der Waals surface area contributed by atoms with Gasteiger partial charge in [0.1, 0.15) is 17.7 Å². The van der Waals surface area contributed by atoms with Gasteiger partial charge in [0.25, 0.3) is 11.5 Å². The molecule has 2 aromatic carbocycles. The van der Waals surface area contributed by atoms with Crippen LogP contribution in [-0.2, 0) is 0 Å². The highest BCUT2D eigenvalue weighted by Crippen LogP contribution is 2.59. The Kier molecular flexibility index (Phi) is 6.08. The van der Waals surface area contributed by atoms with E-state index in [1.807, 2.05) is 0 Å². The molecule has 36 heavy (non-hydrogen) atoms. The van der Waals surface area contributed by atoms with E-state index in [1.54, 1.807) is 0 Å². The SMILES string of the molecule is CC1(C)[C@H]2CC[C@H](NC(=O)c3cc(Oc4c(Cl)cc(-n5ncc(=O)[nH]c5=O)cc4Cl)ccc3O)[C@@H]1C2. The van der Waals surface area contributed by atoms with Gasteiger partial charge in [-0.1, -0.05) is 37.0 Å². The van der Waals surface area contributed by atoms with Gasteiger partial charge in [-0.15, -0.1) is 0 Å². The summed E-state index contributed by atoms with van der Waals surface area (Å²) in [5, 5.41) is 17.4. The molecule has 0 aliphatic heterocycles. The topological polar surface area (TPSA) is 126 Å². The Labute approximate surface area is 216 Å². The Morgan fingerprint density at radius 3 is 2.56 bits per heavy atom. The number of phenols is 1. The maximum atomic E-state index is 13.1. The molecule has 11 heteroatoms. The third kappa shape index (κ3) is 4.26. The number of ether oxygens (including phenoxy) is 1. The monoisotopic (exact) mass is 530 g/mol. The zero-order valence-corrected chi connectivity index (χ0v) is 21.1. The van der Waals surface area contributed by atoms with E-state index < -0.39 is 11.2 Å². The van der Waals surface area contributed by atoms with Crippen molar-refractivity contribution in [3.63, 3.8) is 0 Å². The Balaban J connectivity index is 1.37. The molecule has 1 heterocycles. The summed E-state index contributed by atoms with van der Waals surface area (Å²) in [7, 11) is 0. The number of hydrogen-bond acceptors (Lipinski definition) is 6. The average molecular weight is 531 g/mol. The molecule has 1 amide bonds. The van der Waals surface area contributed by atoms with Gasteiger partial charge in [0.15, 0.2) is 5.75 Å². The van der Waals surface area contributed by atoms with Crippen molar-refractivity contribution in [1.82, 2.24) is 20.1 Å². The van der Waals surface area contributed by atoms with Crippen LogP contribution in [0.2, 0.25) is 10.0 Å². The van der Waals surface area contributed by atoms with Crippen LogP contribution in [0.5, 0.6) is 17.2 Å². The standard InChI is InChI=1S/C25H24Cl2N4O5/c1-25(2)12-3-5-19(16(25)7-12)29-23(34)15-10-14(4-6-20(15)32)36-22-17(26)8-13(9-18(22)27)31-24(35)30-21(33)11-28-31/h4,6,8-12,16,19,32H,3,5,7H2,1-2H3,(H,29,34)(H,30,33,35)/t12-,16-,19-/m0/s1. The number of benzene rings is 2. The van der Waals surface area contributed by atoms with E-state index >= 15 is 0 Å². The maximum Gasteiger partial charge on any atom is 0.349 e. The molecule has 0 radical (unpaired) electrons. The zero-order chi connectivity index (χ0) is 25.8. The first kappa shape index (κ1) is 24.4. The number of carbonyl (C=O) groups is 1. The number of phenolic OH excluding ortho intramolecular Hbond substituents is 1. The predicted molar refractivity (Wildman–Crippen MR) is 135 cm³/mol. The third-order valence-electron chi connectivity index (χ3n) is 7.55. The fraction of sp³-hybridized carbons (Fsp3) is 0.360. The van der Waals surface area contributed by atoms with E-state index in [2.05, 4.69) is 29.2 Å². The van der Waals surface area contributed by atoms with Crippen molar-refractivity contribution >= 4 is 29.1 Å². The van der Waals surface area contributed by atoms with Crippen molar-refractivity contribution in [1.29, 1.82) is 0 Å². The predicted octanol–water partition coefficient (Wildman–Crippen LogP) is 4.28. The molecule has 3 saturated carbocycles. The highest BCUT2D eigenvalue weighted by Gasteiger charge is 2.54. The summed E-state index contributed by atoms with van der Waals surface area (Å²) in [5.41, 5.74) is -0.878. The molecule has 188 valence electrons. The molecule has 2 bridgehead atoms. The van der Waals surface area contributed by atoms with Crippen LogP contribution in [-0.4, -0.2) is 31.8 Å². The number of aromatic amines is 1. The molecule has 9 nitrogen and oxygen atoms in total. The van der Waals surface area contributed by atoms with Crippen LogP contribution < -0.4 is 21.3 Å². The minimum atomic E-state index is -0.753. The lowest BCUT2D eigenvalue weighted by atomic mass is 9.47. The van der Waals surface area contributed by atoms with Gasteiger partial charge < -0.3 is 15.2 Å². The number of halogens is 2. The number of amides is 1. The average Bonchev–Trinajstić information content (AvgIpc) is 2.82. The van der Waals surface area contributed by atoms with Crippen LogP contribution in [0, 0.1) is 17.3 Å². The van der Waals surface area contributed by atoms with Gasteiger partial charge in [-0.25, -0.2) is 4.79 Å². The Bertz CT molecular complexity index is 1460. The quantitative estimate of drug-likeness (QED) is 0.451. The van der Waals surface area contributed by atoms with E-state index in [4.69, 9.17) is 27.9 Å². The van der Waals surface area contributed by atoms with Gasteiger partial charge in [-0.2, -0.15) is 9.78 Å². The highest BCUT2D eigenvalue weighted by molar-refractivity contribution is 6.37. The lowest BCUT2D eigenvalue weighted by Crippen LogP contribution is -2.59. The van der Waals surface area contributed by atoms with Gasteiger partial charge in [0.05, 0.1) is 21.3 Å². The summed E-state index contributed by atoms with van der Waals surface area (Å²) >= 11 is 12.7. The van der Waals surface area contributed by atoms with Gasteiger partial charge in [0.2, 0.25) is 0 Å². The molecule has 0 unspecified atom stereocenters. The largest absolute Gasteiger partial charge is 0.507 e. The van der Waals surface area contributed by atoms with Crippen molar-refractivity contribution in [2.45, 2.75) is 39.2 Å². The summed E-state index contributed by atoms with van der Waals surface area (Å²) in [4.78, 5) is 38.5. The number of fused-ring (bicyclic) bond motifs is 2. The minimum Gasteiger partial charge on any atom is -0.507 e. The zero-order valence-electron chi connectivity index (χ0n) is 19.5. The summed E-state index contributed by atoms with van der Waals surface area (Å²) < 4.78 is 6.79. The van der Waals surface area contributed by atoms with Crippen molar-refractivity contribution in [3.8, 4) is 22.9 Å². The Morgan fingerprint density at radius 1 is 1.19 bits per heavy atom. The molecule has 3 aliphatic carbocycles. The molecule has 3 aliphatic rings. The van der Waals surface area contributed by atoms with Crippen LogP contribution in [0.4, 0.5) is 0 Å². The summed E-state index contributed by atoms with van der Waals surface area (Å²) in [6.07, 6.45) is 4.07. The molecule has 1 aromatic heterocycles. The van der Waals surface area contributed by atoms with Crippen molar-refractivity contribution in [3.05, 3.63) is 73.0 Å². The molecule has 3 aromatic rings. The van der Waals surface area contributed by atoms with E-state index in [1.165, 1.54) is 30.3 Å². The summed E-state index contributed by atoms with van der Waals surface area (Å²) in [6.45, 7) is 4.50. The number of nitrogens with zero attached hydrogens (tertiary/aromatic N) is 2. The van der Waals surface area contributed by atoms with Crippen LogP contribution in [0.3, 0.4) is 0 Å². The number of hydrogen-bond donors (Lipinski definition) is 3. The molecule has 3 fully saturated rings. The molecule has 0 saturated heterocycles. The lowest BCUT2D eigenvalue weighted by molar-refractivity contribution is -0.0844. The molecular weight excluding hydrogens is 507 g/mol. The third-order valence-corrected chi connectivity index (χ3v) is 8.11. The molecule has 6 rings (SSSR count). The van der Waals surface area contributed by atoms with E-state index in [0.717, 1.165) is 30.1 Å². The first-order valence-electron chi connectivity index (χ1n) is 11.5. The van der Waals surface area contributed by atoms with Gasteiger partial charge in [0, 0.05) is 6.04 Å². The number of aromatic nitrogens is 3. The van der Waals surface area contributed by atoms with Crippen LogP contribution in [0.1, 0.15) is 43.5 Å². The smallest absolute Gasteiger partial charge is 0.349 e. The highest BCUT2D eigenvalue weighted by atomic mass is 35.5. The second-order valence-corrected chi connectivity index (χ2v) is 10.7. The van der Waals surface area contributed by atoms with Crippen LogP contribution in [0.25, 0.3) is 5.69 Å². The molecule has 3 N–H and O–H groups in total.